The monoisotopic (exact) mass is 247 g/mol. The second-order valence-electron chi connectivity index (χ2n) is 4.70. The summed E-state index contributed by atoms with van der Waals surface area (Å²) in [6, 6.07) is 0. The van der Waals surface area contributed by atoms with E-state index in [1.165, 1.54) is 6.92 Å². The van der Waals surface area contributed by atoms with Crippen LogP contribution in [0, 0.1) is 5.92 Å². The van der Waals surface area contributed by atoms with Crippen LogP contribution >= 0.6 is 0 Å². The highest BCUT2D eigenvalue weighted by molar-refractivity contribution is 7.93. The first-order valence-corrected chi connectivity index (χ1v) is 7.05. The van der Waals surface area contributed by atoms with Crippen LogP contribution in [0.2, 0.25) is 0 Å². The number of ether oxygens (including phenoxy) is 1. The van der Waals surface area contributed by atoms with Crippen molar-refractivity contribution in [3.05, 3.63) is 0 Å². The van der Waals surface area contributed by atoms with Crippen LogP contribution in [0.3, 0.4) is 0 Å². The third-order valence-electron chi connectivity index (χ3n) is 3.83. The molecule has 0 saturated carbocycles. The zero-order valence-electron chi connectivity index (χ0n) is 9.60. The minimum atomic E-state index is -3.06. The molecule has 0 bridgehead atoms. The van der Waals surface area contributed by atoms with E-state index in [0.717, 1.165) is 0 Å². The van der Waals surface area contributed by atoms with E-state index < -0.39 is 14.6 Å². The molecular weight excluding hydrogens is 230 g/mol. The molecule has 0 radical (unpaired) electrons. The van der Waals surface area contributed by atoms with Gasteiger partial charge in [0.2, 0.25) is 5.91 Å². The Bertz CT molecular complexity index is 397. The molecule has 2 heterocycles. The molecule has 5 nitrogen and oxygen atoms in total. The number of rotatable bonds is 2. The lowest BCUT2D eigenvalue weighted by molar-refractivity contribution is -0.135. The third kappa shape index (κ3) is 1.47. The fourth-order valence-corrected chi connectivity index (χ4v) is 5.13. The van der Waals surface area contributed by atoms with Crippen LogP contribution in [-0.4, -0.2) is 56.5 Å². The van der Waals surface area contributed by atoms with E-state index >= 15 is 0 Å². The third-order valence-corrected chi connectivity index (χ3v) is 6.43. The molecule has 1 atom stereocenters. The molecule has 0 aromatic rings. The normalized spacial score (nSPS) is 30.4. The maximum atomic E-state index is 12.0. The summed E-state index contributed by atoms with van der Waals surface area (Å²) in [6.07, 6.45) is 0.655. The summed E-state index contributed by atoms with van der Waals surface area (Å²) in [5.74, 6) is 0.217. The van der Waals surface area contributed by atoms with Gasteiger partial charge in [0.05, 0.1) is 12.4 Å². The van der Waals surface area contributed by atoms with Crippen molar-refractivity contribution in [1.82, 2.24) is 4.90 Å². The number of hydrogen-bond acceptors (Lipinski definition) is 4. The molecule has 1 unspecified atom stereocenters. The minimum absolute atomic E-state index is 0.0399. The Morgan fingerprint density at radius 1 is 1.50 bits per heavy atom. The summed E-state index contributed by atoms with van der Waals surface area (Å²) >= 11 is 0. The van der Waals surface area contributed by atoms with E-state index in [0.29, 0.717) is 26.1 Å². The van der Waals surface area contributed by atoms with Gasteiger partial charge in [-0.3, -0.25) is 4.79 Å². The second kappa shape index (κ2) is 3.70. The van der Waals surface area contributed by atoms with Crippen molar-refractivity contribution < 1.29 is 17.9 Å². The van der Waals surface area contributed by atoms with Crippen LogP contribution in [0.15, 0.2) is 0 Å². The van der Waals surface area contributed by atoms with Crippen molar-refractivity contribution in [1.29, 1.82) is 0 Å². The van der Waals surface area contributed by atoms with Crippen LogP contribution in [-0.2, 0) is 19.4 Å². The summed E-state index contributed by atoms with van der Waals surface area (Å²) in [5, 5.41) is 0. The number of methoxy groups -OCH3 is 1. The summed E-state index contributed by atoms with van der Waals surface area (Å²) in [6.45, 7) is 2.63. The van der Waals surface area contributed by atoms with Crippen molar-refractivity contribution in [2.45, 2.75) is 18.1 Å². The predicted octanol–water partition coefficient (Wildman–Crippen LogP) is -0.332. The highest BCUT2D eigenvalue weighted by atomic mass is 32.2. The second-order valence-corrected chi connectivity index (χ2v) is 7.15. The maximum Gasteiger partial charge on any atom is 0.219 e. The van der Waals surface area contributed by atoms with E-state index in [9.17, 15) is 13.2 Å². The molecule has 2 fully saturated rings. The van der Waals surface area contributed by atoms with Gasteiger partial charge in [-0.15, -0.1) is 0 Å². The molecule has 2 saturated heterocycles. The first kappa shape index (κ1) is 11.9. The Kier molecular flexibility index (Phi) is 2.74. The van der Waals surface area contributed by atoms with Gasteiger partial charge < -0.3 is 9.64 Å². The van der Waals surface area contributed by atoms with Gasteiger partial charge in [-0.1, -0.05) is 0 Å². The summed E-state index contributed by atoms with van der Waals surface area (Å²) in [7, 11) is -1.48. The molecule has 1 amide bonds. The fraction of sp³-hybridized carbons (Fsp3) is 0.900. The maximum absolute atomic E-state index is 12.0. The van der Waals surface area contributed by atoms with Crippen molar-refractivity contribution >= 4 is 15.7 Å². The van der Waals surface area contributed by atoms with E-state index in [1.54, 1.807) is 12.0 Å². The molecule has 0 aromatic carbocycles. The van der Waals surface area contributed by atoms with Crippen molar-refractivity contribution in [2.24, 2.45) is 5.92 Å². The minimum Gasteiger partial charge on any atom is -0.384 e. The lowest BCUT2D eigenvalue weighted by atomic mass is 9.84. The van der Waals surface area contributed by atoms with E-state index in [-0.39, 0.29) is 17.6 Å². The summed E-state index contributed by atoms with van der Waals surface area (Å²) < 4.78 is 28.4. The number of sulfone groups is 1. The summed E-state index contributed by atoms with van der Waals surface area (Å²) in [5.41, 5.74) is 0. The predicted molar refractivity (Wildman–Crippen MR) is 58.8 cm³/mol. The Balaban J connectivity index is 2.20. The zero-order chi connectivity index (χ0) is 12.0. The van der Waals surface area contributed by atoms with Gasteiger partial charge in [0.25, 0.3) is 0 Å². The zero-order valence-corrected chi connectivity index (χ0v) is 10.4. The highest BCUT2D eigenvalue weighted by Gasteiger charge is 2.61. The lowest BCUT2D eigenvalue weighted by Crippen LogP contribution is -2.68. The molecule has 0 aromatic heterocycles. The largest absolute Gasteiger partial charge is 0.384 e. The fourth-order valence-electron chi connectivity index (χ4n) is 2.73. The van der Waals surface area contributed by atoms with Gasteiger partial charge in [0.15, 0.2) is 9.84 Å². The van der Waals surface area contributed by atoms with Gasteiger partial charge in [-0.05, 0) is 6.42 Å². The first-order valence-electron chi connectivity index (χ1n) is 5.40. The molecule has 2 aliphatic rings. The topological polar surface area (TPSA) is 63.7 Å². The average molecular weight is 247 g/mol. The lowest BCUT2D eigenvalue weighted by Gasteiger charge is -2.49. The van der Waals surface area contributed by atoms with E-state index in [1.807, 2.05) is 0 Å². The quantitative estimate of drug-likeness (QED) is 0.670. The van der Waals surface area contributed by atoms with Gasteiger partial charge in [0.1, 0.15) is 4.75 Å². The number of carbonyl (C=O) groups excluding carboxylic acids is 1. The van der Waals surface area contributed by atoms with Crippen LogP contribution < -0.4 is 0 Å². The molecule has 2 aliphatic heterocycles. The van der Waals surface area contributed by atoms with E-state index in [2.05, 4.69) is 0 Å². The molecule has 6 heteroatoms. The molecular formula is C10H17NO4S. The van der Waals surface area contributed by atoms with Gasteiger partial charge in [-0.25, -0.2) is 8.42 Å². The van der Waals surface area contributed by atoms with E-state index in [4.69, 9.17) is 4.74 Å². The Hall–Kier alpha value is -0.620. The smallest absolute Gasteiger partial charge is 0.219 e. The number of amides is 1. The molecule has 2 rings (SSSR count). The number of nitrogens with zero attached hydrogens (tertiary/aromatic N) is 1. The number of hydrogen-bond donors (Lipinski definition) is 0. The first-order chi connectivity index (χ1) is 7.43. The Morgan fingerprint density at radius 3 is 2.62 bits per heavy atom. The molecule has 92 valence electrons. The number of carbonyl (C=O) groups is 1. The Labute approximate surface area is 95.7 Å². The Morgan fingerprint density at radius 2 is 2.12 bits per heavy atom. The van der Waals surface area contributed by atoms with Crippen LogP contribution in [0.1, 0.15) is 13.3 Å². The molecule has 16 heavy (non-hydrogen) atoms. The molecule has 0 aliphatic carbocycles. The van der Waals surface area contributed by atoms with Gasteiger partial charge in [-0.2, -0.15) is 0 Å². The SMILES string of the molecule is COCC1CCS(=O)(=O)C12CN(C(C)=O)C2. The van der Waals surface area contributed by atoms with Crippen molar-refractivity contribution in [3.8, 4) is 0 Å². The van der Waals surface area contributed by atoms with Crippen molar-refractivity contribution in [3.63, 3.8) is 0 Å². The molecule has 0 N–H and O–H groups in total. The van der Waals surface area contributed by atoms with Crippen LogP contribution in [0.25, 0.3) is 0 Å². The van der Waals surface area contributed by atoms with Crippen LogP contribution in [0.5, 0.6) is 0 Å². The standard InChI is InChI=1S/C10H17NO4S/c1-8(12)11-6-10(7-11)9(5-15-2)3-4-16(10,13)14/h9H,3-7H2,1-2H3. The van der Waals surface area contributed by atoms with Crippen molar-refractivity contribution in [2.75, 3.05) is 32.6 Å². The van der Waals surface area contributed by atoms with Gasteiger partial charge in [0, 0.05) is 33.0 Å². The average Bonchev–Trinajstić information content (AvgIpc) is 2.35. The van der Waals surface area contributed by atoms with Gasteiger partial charge >= 0.3 is 0 Å². The molecule has 1 spiro atoms. The summed E-state index contributed by atoms with van der Waals surface area (Å²) in [4.78, 5) is 12.7. The highest BCUT2D eigenvalue weighted by Crippen LogP contribution is 2.44. The number of likely N-dealkylation sites (tertiary alicyclic amines) is 1. The van der Waals surface area contributed by atoms with Crippen LogP contribution in [0.4, 0.5) is 0 Å².